The predicted octanol–water partition coefficient (Wildman–Crippen LogP) is 3.23. The molecule has 22 heavy (non-hydrogen) atoms. The van der Waals surface area contributed by atoms with Crippen molar-refractivity contribution in [3.05, 3.63) is 30.3 Å². The van der Waals surface area contributed by atoms with Crippen LogP contribution in [0.3, 0.4) is 0 Å². The molecule has 0 fully saturated rings. The molecule has 0 aliphatic rings. The standard InChI is InChI=1S/C16H15NO5/c1-19-13-6-9(7-14(20-2)15(13)21-3)16-17-11-5-4-10(18)8-12(11)22-16/h4-8,18H,1-3H3. The van der Waals surface area contributed by atoms with Gasteiger partial charge in [0.25, 0.3) is 0 Å². The zero-order valence-corrected chi connectivity index (χ0v) is 12.4. The van der Waals surface area contributed by atoms with E-state index in [1.807, 2.05) is 0 Å². The maximum atomic E-state index is 9.50. The summed E-state index contributed by atoms with van der Waals surface area (Å²) in [6.07, 6.45) is 0. The number of nitrogens with zero attached hydrogens (tertiary/aromatic N) is 1. The summed E-state index contributed by atoms with van der Waals surface area (Å²) in [5, 5.41) is 9.50. The number of phenols is 1. The number of fused-ring (bicyclic) bond motifs is 1. The van der Waals surface area contributed by atoms with E-state index in [-0.39, 0.29) is 5.75 Å². The Balaban J connectivity index is 2.17. The van der Waals surface area contributed by atoms with Crippen molar-refractivity contribution in [1.29, 1.82) is 0 Å². The number of benzene rings is 2. The van der Waals surface area contributed by atoms with Crippen LogP contribution < -0.4 is 14.2 Å². The molecule has 0 saturated heterocycles. The van der Waals surface area contributed by atoms with E-state index < -0.39 is 0 Å². The van der Waals surface area contributed by atoms with Gasteiger partial charge >= 0.3 is 0 Å². The van der Waals surface area contributed by atoms with Gasteiger partial charge in [0, 0.05) is 11.6 Å². The molecular weight excluding hydrogens is 286 g/mol. The molecule has 114 valence electrons. The Labute approximate surface area is 126 Å². The Kier molecular flexibility index (Phi) is 3.50. The molecule has 1 N–H and O–H groups in total. The summed E-state index contributed by atoms with van der Waals surface area (Å²) >= 11 is 0. The fourth-order valence-electron chi connectivity index (χ4n) is 2.24. The van der Waals surface area contributed by atoms with Crippen molar-refractivity contribution in [3.8, 4) is 34.5 Å². The highest BCUT2D eigenvalue weighted by Gasteiger charge is 2.17. The molecule has 0 aliphatic heterocycles. The fourth-order valence-corrected chi connectivity index (χ4v) is 2.24. The van der Waals surface area contributed by atoms with Crippen LogP contribution in [-0.2, 0) is 0 Å². The second-order valence-electron chi connectivity index (χ2n) is 4.59. The third kappa shape index (κ3) is 2.28. The van der Waals surface area contributed by atoms with E-state index in [1.165, 1.54) is 6.07 Å². The topological polar surface area (TPSA) is 74.0 Å². The highest BCUT2D eigenvalue weighted by atomic mass is 16.5. The summed E-state index contributed by atoms with van der Waals surface area (Å²) in [5.74, 6) is 2.06. The number of hydrogen-bond acceptors (Lipinski definition) is 6. The van der Waals surface area contributed by atoms with Crippen LogP contribution in [-0.4, -0.2) is 31.4 Å². The van der Waals surface area contributed by atoms with Crippen molar-refractivity contribution in [1.82, 2.24) is 4.98 Å². The molecular formula is C16H15NO5. The van der Waals surface area contributed by atoms with Crippen LogP contribution in [0, 0.1) is 0 Å². The second-order valence-corrected chi connectivity index (χ2v) is 4.59. The average molecular weight is 301 g/mol. The molecule has 2 aromatic carbocycles. The van der Waals surface area contributed by atoms with E-state index >= 15 is 0 Å². The van der Waals surface area contributed by atoms with Crippen molar-refractivity contribution < 1.29 is 23.7 Å². The van der Waals surface area contributed by atoms with E-state index in [2.05, 4.69) is 4.98 Å². The van der Waals surface area contributed by atoms with Gasteiger partial charge in [-0.1, -0.05) is 0 Å². The van der Waals surface area contributed by atoms with Gasteiger partial charge in [0.15, 0.2) is 17.1 Å². The molecule has 6 nitrogen and oxygen atoms in total. The monoisotopic (exact) mass is 301 g/mol. The van der Waals surface area contributed by atoms with Crippen molar-refractivity contribution in [2.45, 2.75) is 0 Å². The summed E-state index contributed by atoms with van der Waals surface area (Å²) in [4.78, 5) is 4.40. The molecule has 0 spiro atoms. The van der Waals surface area contributed by atoms with Crippen LogP contribution in [0.5, 0.6) is 23.0 Å². The van der Waals surface area contributed by atoms with Crippen LogP contribution in [0.25, 0.3) is 22.6 Å². The largest absolute Gasteiger partial charge is 0.508 e. The lowest BCUT2D eigenvalue weighted by Gasteiger charge is -2.12. The minimum Gasteiger partial charge on any atom is -0.508 e. The van der Waals surface area contributed by atoms with Gasteiger partial charge in [0.1, 0.15) is 11.3 Å². The number of methoxy groups -OCH3 is 3. The lowest BCUT2D eigenvalue weighted by Crippen LogP contribution is -1.95. The van der Waals surface area contributed by atoms with E-state index in [0.717, 1.165) is 0 Å². The molecule has 0 amide bonds. The average Bonchev–Trinajstić information content (AvgIpc) is 2.96. The van der Waals surface area contributed by atoms with E-state index in [1.54, 1.807) is 45.6 Å². The van der Waals surface area contributed by atoms with Crippen LogP contribution in [0.1, 0.15) is 0 Å². The molecule has 3 aromatic rings. The first-order chi connectivity index (χ1) is 10.7. The number of aromatic nitrogens is 1. The van der Waals surface area contributed by atoms with Crippen LogP contribution in [0.2, 0.25) is 0 Å². The SMILES string of the molecule is COc1cc(-c2nc3ccc(O)cc3o2)cc(OC)c1OC. The fraction of sp³-hybridized carbons (Fsp3) is 0.188. The number of aromatic hydroxyl groups is 1. The molecule has 0 unspecified atom stereocenters. The molecule has 6 heteroatoms. The molecule has 3 rings (SSSR count). The van der Waals surface area contributed by atoms with Gasteiger partial charge in [-0.2, -0.15) is 0 Å². The number of phenolic OH excluding ortho intramolecular Hbond substituents is 1. The summed E-state index contributed by atoms with van der Waals surface area (Å²) < 4.78 is 21.6. The summed E-state index contributed by atoms with van der Waals surface area (Å²) in [6.45, 7) is 0. The van der Waals surface area contributed by atoms with Crippen LogP contribution in [0.15, 0.2) is 34.7 Å². The Hall–Kier alpha value is -2.89. The van der Waals surface area contributed by atoms with Crippen molar-refractivity contribution >= 4 is 11.1 Å². The Morgan fingerprint density at radius 1 is 0.955 bits per heavy atom. The first-order valence-corrected chi connectivity index (χ1v) is 6.56. The maximum absolute atomic E-state index is 9.50. The molecule has 1 heterocycles. The number of hydrogen-bond donors (Lipinski definition) is 1. The van der Waals surface area contributed by atoms with E-state index in [9.17, 15) is 5.11 Å². The molecule has 1 aromatic heterocycles. The third-order valence-electron chi connectivity index (χ3n) is 3.28. The van der Waals surface area contributed by atoms with Crippen molar-refractivity contribution in [2.24, 2.45) is 0 Å². The van der Waals surface area contributed by atoms with E-state index in [0.29, 0.717) is 39.8 Å². The van der Waals surface area contributed by atoms with Crippen LogP contribution >= 0.6 is 0 Å². The Morgan fingerprint density at radius 2 is 1.64 bits per heavy atom. The minimum absolute atomic E-state index is 0.125. The zero-order valence-electron chi connectivity index (χ0n) is 12.4. The lowest BCUT2D eigenvalue weighted by molar-refractivity contribution is 0.324. The number of rotatable bonds is 4. The van der Waals surface area contributed by atoms with Gasteiger partial charge in [-0.3, -0.25) is 0 Å². The smallest absolute Gasteiger partial charge is 0.227 e. The molecule has 0 radical (unpaired) electrons. The summed E-state index contributed by atoms with van der Waals surface area (Å²) in [5.41, 5.74) is 1.84. The quantitative estimate of drug-likeness (QED) is 0.797. The minimum atomic E-state index is 0.125. The van der Waals surface area contributed by atoms with Gasteiger partial charge in [0.05, 0.1) is 21.3 Å². The van der Waals surface area contributed by atoms with E-state index in [4.69, 9.17) is 18.6 Å². The highest BCUT2D eigenvalue weighted by molar-refractivity contribution is 5.78. The predicted molar refractivity (Wildman–Crippen MR) is 80.8 cm³/mol. The van der Waals surface area contributed by atoms with Crippen molar-refractivity contribution in [2.75, 3.05) is 21.3 Å². The van der Waals surface area contributed by atoms with Gasteiger partial charge in [-0.15, -0.1) is 0 Å². The first kappa shape index (κ1) is 14.1. The Morgan fingerprint density at radius 3 is 2.23 bits per heavy atom. The Bertz CT molecular complexity index is 800. The first-order valence-electron chi connectivity index (χ1n) is 6.56. The summed E-state index contributed by atoms with van der Waals surface area (Å²) in [7, 11) is 4.64. The van der Waals surface area contributed by atoms with Gasteiger partial charge < -0.3 is 23.7 Å². The van der Waals surface area contributed by atoms with Crippen molar-refractivity contribution in [3.63, 3.8) is 0 Å². The maximum Gasteiger partial charge on any atom is 0.227 e. The number of oxazole rings is 1. The summed E-state index contributed by atoms with van der Waals surface area (Å²) in [6, 6.07) is 8.28. The molecule has 0 bridgehead atoms. The third-order valence-corrected chi connectivity index (χ3v) is 3.28. The zero-order chi connectivity index (χ0) is 15.7. The van der Waals surface area contributed by atoms with Crippen LogP contribution in [0.4, 0.5) is 0 Å². The van der Waals surface area contributed by atoms with Gasteiger partial charge in [-0.25, -0.2) is 4.98 Å². The number of ether oxygens (including phenoxy) is 3. The molecule has 0 saturated carbocycles. The second kappa shape index (κ2) is 5.48. The van der Waals surface area contributed by atoms with Gasteiger partial charge in [-0.05, 0) is 24.3 Å². The van der Waals surface area contributed by atoms with Gasteiger partial charge in [0.2, 0.25) is 11.6 Å². The molecule has 0 atom stereocenters. The normalized spacial score (nSPS) is 10.7. The highest BCUT2D eigenvalue weighted by Crippen LogP contribution is 2.41. The lowest BCUT2D eigenvalue weighted by atomic mass is 10.2. The molecule has 0 aliphatic carbocycles.